The smallest absolute Gasteiger partial charge is 0.230 e. The van der Waals surface area contributed by atoms with E-state index in [1.807, 2.05) is 0 Å². The van der Waals surface area contributed by atoms with Crippen LogP contribution in [0.3, 0.4) is 0 Å². The Morgan fingerprint density at radius 2 is 1.95 bits per heavy atom. The molecule has 1 heterocycles. The summed E-state index contributed by atoms with van der Waals surface area (Å²) in [5.74, 6) is 1.27. The van der Waals surface area contributed by atoms with Gasteiger partial charge in [-0.1, -0.05) is 38.1 Å². The van der Waals surface area contributed by atoms with Crippen LogP contribution in [0.4, 0.5) is 0 Å². The van der Waals surface area contributed by atoms with Gasteiger partial charge in [0.15, 0.2) is 0 Å². The number of piperidine rings is 1. The summed E-state index contributed by atoms with van der Waals surface area (Å²) in [7, 11) is 0. The van der Waals surface area contributed by atoms with E-state index >= 15 is 0 Å². The van der Waals surface area contributed by atoms with Gasteiger partial charge in [0, 0.05) is 11.8 Å². The highest BCUT2D eigenvalue weighted by Crippen LogP contribution is 2.19. The standard InChI is InChI=1S/C17H26N2OS/c1-13(2)15-5-3-14(4-6-15)11-19-17(20)12-21-16-7-9-18-10-8-16/h3-6,13,16,18H,7-12H2,1-2H3,(H,19,20). The van der Waals surface area contributed by atoms with Crippen LogP contribution >= 0.6 is 11.8 Å². The van der Waals surface area contributed by atoms with Crippen LogP contribution in [0.2, 0.25) is 0 Å². The Morgan fingerprint density at radius 1 is 1.29 bits per heavy atom. The lowest BCUT2D eigenvalue weighted by molar-refractivity contribution is -0.118. The fourth-order valence-electron chi connectivity index (χ4n) is 2.43. The van der Waals surface area contributed by atoms with Crippen LogP contribution in [0, 0.1) is 0 Å². The van der Waals surface area contributed by atoms with E-state index in [9.17, 15) is 4.79 Å². The Hall–Kier alpha value is -1.00. The van der Waals surface area contributed by atoms with Crippen molar-refractivity contribution in [3.8, 4) is 0 Å². The first-order chi connectivity index (χ1) is 10.1. The van der Waals surface area contributed by atoms with Gasteiger partial charge in [-0.15, -0.1) is 11.8 Å². The van der Waals surface area contributed by atoms with Crippen molar-refractivity contribution in [2.45, 2.75) is 44.4 Å². The second kappa shape index (κ2) is 8.44. The Balaban J connectivity index is 1.68. The number of thioether (sulfide) groups is 1. The van der Waals surface area contributed by atoms with Crippen molar-refractivity contribution in [3.63, 3.8) is 0 Å². The molecule has 1 fully saturated rings. The first-order valence-corrected chi connectivity index (χ1v) is 8.88. The first-order valence-electron chi connectivity index (χ1n) is 7.83. The molecule has 2 rings (SSSR count). The average Bonchev–Trinajstić information content (AvgIpc) is 2.52. The number of amides is 1. The second-order valence-corrected chi connectivity index (χ2v) is 7.22. The maximum Gasteiger partial charge on any atom is 0.230 e. The Morgan fingerprint density at radius 3 is 2.57 bits per heavy atom. The molecule has 0 aliphatic carbocycles. The summed E-state index contributed by atoms with van der Waals surface area (Å²) in [6.07, 6.45) is 2.35. The number of benzene rings is 1. The van der Waals surface area contributed by atoms with Crippen molar-refractivity contribution in [1.29, 1.82) is 0 Å². The molecule has 0 radical (unpaired) electrons. The minimum absolute atomic E-state index is 0.145. The van der Waals surface area contributed by atoms with Crippen LogP contribution in [0.5, 0.6) is 0 Å². The summed E-state index contributed by atoms with van der Waals surface area (Å²) < 4.78 is 0. The van der Waals surface area contributed by atoms with E-state index in [2.05, 4.69) is 48.7 Å². The predicted molar refractivity (Wildman–Crippen MR) is 90.7 cm³/mol. The van der Waals surface area contributed by atoms with E-state index in [1.54, 1.807) is 11.8 Å². The molecule has 0 spiro atoms. The first kappa shape index (κ1) is 16.4. The molecule has 1 aromatic carbocycles. The second-order valence-electron chi connectivity index (χ2n) is 5.93. The van der Waals surface area contributed by atoms with Crippen LogP contribution < -0.4 is 10.6 Å². The normalized spacial score (nSPS) is 16.1. The van der Waals surface area contributed by atoms with Gasteiger partial charge < -0.3 is 10.6 Å². The van der Waals surface area contributed by atoms with Crippen molar-refractivity contribution < 1.29 is 4.79 Å². The molecule has 0 atom stereocenters. The average molecular weight is 306 g/mol. The molecule has 4 heteroatoms. The molecule has 1 aliphatic rings. The van der Waals surface area contributed by atoms with Gasteiger partial charge in [-0.3, -0.25) is 4.79 Å². The fraction of sp³-hybridized carbons (Fsp3) is 0.588. The van der Waals surface area contributed by atoms with Gasteiger partial charge in [0.2, 0.25) is 5.91 Å². The molecule has 1 saturated heterocycles. The maximum atomic E-state index is 11.9. The number of carbonyl (C=O) groups is 1. The van der Waals surface area contributed by atoms with Crippen LogP contribution in [-0.4, -0.2) is 30.0 Å². The summed E-state index contributed by atoms with van der Waals surface area (Å²) in [5.41, 5.74) is 2.51. The molecule has 1 amide bonds. The third kappa shape index (κ3) is 5.71. The van der Waals surface area contributed by atoms with Crippen molar-refractivity contribution in [3.05, 3.63) is 35.4 Å². The van der Waals surface area contributed by atoms with E-state index in [-0.39, 0.29) is 5.91 Å². The van der Waals surface area contributed by atoms with E-state index in [4.69, 9.17) is 0 Å². The minimum atomic E-state index is 0.145. The number of carbonyl (C=O) groups excluding carboxylic acids is 1. The summed E-state index contributed by atoms with van der Waals surface area (Å²) in [4.78, 5) is 11.9. The lowest BCUT2D eigenvalue weighted by atomic mass is 10.0. The number of nitrogens with one attached hydrogen (secondary N) is 2. The van der Waals surface area contributed by atoms with Gasteiger partial charge in [0.25, 0.3) is 0 Å². The molecule has 1 aliphatic heterocycles. The lowest BCUT2D eigenvalue weighted by Crippen LogP contribution is -2.31. The summed E-state index contributed by atoms with van der Waals surface area (Å²) in [5, 5.41) is 7.00. The number of hydrogen-bond acceptors (Lipinski definition) is 3. The molecule has 0 bridgehead atoms. The quantitative estimate of drug-likeness (QED) is 0.849. The fourth-order valence-corrected chi connectivity index (χ4v) is 3.49. The minimum Gasteiger partial charge on any atom is -0.351 e. The van der Waals surface area contributed by atoms with Crippen molar-refractivity contribution in [2.75, 3.05) is 18.8 Å². The van der Waals surface area contributed by atoms with Crippen LogP contribution in [-0.2, 0) is 11.3 Å². The molecule has 1 aromatic rings. The zero-order valence-corrected chi connectivity index (χ0v) is 13.8. The molecule has 0 unspecified atom stereocenters. The van der Waals surface area contributed by atoms with Crippen LogP contribution in [0.25, 0.3) is 0 Å². The van der Waals surface area contributed by atoms with Gasteiger partial charge in [0.1, 0.15) is 0 Å². The lowest BCUT2D eigenvalue weighted by Gasteiger charge is -2.21. The largest absolute Gasteiger partial charge is 0.351 e. The summed E-state index contributed by atoms with van der Waals surface area (Å²) in [6.45, 7) is 7.18. The van der Waals surface area contributed by atoms with E-state index < -0.39 is 0 Å². The molecular weight excluding hydrogens is 280 g/mol. The van der Waals surface area contributed by atoms with Gasteiger partial charge >= 0.3 is 0 Å². The Kier molecular flexibility index (Phi) is 6.58. The van der Waals surface area contributed by atoms with Gasteiger partial charge in [-0.2, -0.15) is 0 Å². The number of hydrogen-bond donors (Lipinski definition) is 2. The predicted octanol–water partition coefficient (Wildman–Crippen LogP) is 2.91. The van der Waals surface area contributed by atoms with Crippen molar-refractivity contribution >= 4 is 17.7 Å². The Labute approximate surface area is 132 Å². The van der Waals surface area contributed by atoms with Crippen LogP contribution in [0.1, 0.15) is 43.7 Å². The SMILES string of the molecule is CC(C)c1ccc(CNC(=O)CSC2CCNCC2)cc1. The molecule has 2 N–H and O–H groups in total. The molecule has 0 saturated carbocycles. The van der Waals surface area contributed by atoms with E-state index in [0.717, 1.165) is 13.1 Å². The Bertz CT molecular complexity index is 439. The highest BCUT2D eigenvalue weighted by atomic mass is 32.2. The highest BCUT2D eigenvalue weighted by molar-refractivity contribution is 8.00. The van der Waals surface area contributed by atoms with Crippen LogP contribution in [0.15, 0.2) is 24.3 Å². The molecular formula is C17H26N2OS. The molecule has 116 valence electrons. The van der Waals surface area contributed by atoms with Gasteiger partial charge in [-0.25, -0.2) is 0 Å². The van der Waals surface area contributed by atoms with E-state index in [1.165, 1.54) is 24.0 Å². The van der Waals surface area contributed by atoms with Crippen molar-refractivity contribution in [1.82, 2.24) is 10.6 Å². The molecule has 0 aromatic heterocycles. The zero-order chi connectivity index (χ0) is 15.1. The van der Waals surface area contributed by atoms with Gasteiger partial charge in [-0.05, 0) is 43.0 Å². The molecule has 3 nitrogen and oxygen atoms in total. The van der Waals surface area contributed by atoms with Gasteiger partial charge in [0.05, 0.1) is 5.75 Å². The topological polar surface area (TPSA) is 41.1 Å². The summed E-state index contributed by atoms with van der Waals surface area (Å²) in [6, 6.07) is 8.51. The van der Waals surface area contributed by atoms with E-state index in [0.29, 0.717) is 23.5 Å². The van der Waals surface area contributed by atoms with Crippen molar-refractivity contribution in [2.24, 2.45) is 0 Å². The third-order valence-electron chi connectivity index (χ3n) is 3.87. The summed E-state index contributed by atoms with van der Waals surface area (Å²) >= 11 is 1.79. The monoisotopic (exact) mass is 306 g/mol. The highest BCUT2D eigenvalue weighted by Gasteiger charge is 2.14. The number of rotatable bonds is 6. The zero-order valence-electron chi connectivity index (χ0n) is 13.0. The maximum absolute atomic E-state index is 11.9. The molecule has 21 heavy (non-hydrogen) atoms. The third-order valence-corrected chi connectivity index (χ3v) is 5.24.